The molecular weight excluding hydrogens is 498 g/mol. The predicted molar refractivity (Wildman–Crippen MR) is 145 cm³/mol. The van der Waals surface area contributed by atoms with Crippen LogP contribution in [0.15, 0.2) is 88.1 Å². The average Bonchev–Trinajstić information content (AvgIpc) is 3.38. The zero-order valence-electron chi connectivity index (χ0n) is 21.2. The first-order valence-electron chi connectivity index (χ1n) is 12.8. The van der Waals surface area contributed by atoms with Gasteiger partial charge in [-0.25, -0.2) is 4.68 Å². The molecule has 0 amide bonds. The fraction of sp³-hybridized carbons (Fsp3) is 0.233. The van der Waals surface area contributed by atoms with E-state index in [1.807, 2.05) is 18.2 Å². The maximum Gasteiger partial charge on any atom is 0.307 e. The summed E-state index contributed by atoms with van der Waals surface area (Å²) in [6.45, 7) is 0.570. The monoisotopic (exact) mass is 525 g/mol. The zero-order valence-corrected chi connectivity index (χ0v) is 21.2. The molecule has 0 bridgehead atoms. The third-order valence-corrected chi connectivity index (χ3v) is 6.58. The van der Waals surface area contributed by atoms with E-state index in [0.29, 0.717) is 34.2 Å². The number of Topliss-reactive ketones (excluding diaryl/α,β-unsaturated/α-hetero) is 1. The van der Waals surface area contributed by atoms with Crippen molar-refractivity contribution in [2.24, 2.45) is 5.92 Å². The van der Waals surface area contributed by atoms with Gasteiger partial charge in [0, 0.05) is 18.4 Å². The molecule has 2 heterocycles. The Morgan fingerprint density at radius 1 is 1.00 bits per heavy atom. The minimum atomic E-state index is -1.13. The summed E-state index contributed by atoms with van der Waals surface area (Å²) in [5, 5.41) is 18.7. The minimum Gasteiger partial charge on any atom is -0.494 e. The number of furan rings is 1. The van der Waals surface area contributed by atoms with Gasteiger partial charge in [0.2, 0.25) is 0 Å². The Morgan fingerprint density at radius 3 is 2.62 bits per heavy atom. The number of aryl methyl sites for hydroxylation is 2. The van der Waals surface area contributed by atoms with Crippen molar-refractivity contribution >= 4 is 33.6 Å². The molecule has 0 radical (unpaired) electrons. The van der Waals surface area contributed by atoms with Crippen LogP contribution in [0.5, 0.6) is 5.75 Å². The molecule has 0 aliphatic rings. The number of aliphatic carboxylic acids is 1. The van der Waals surface area contributed by atoms with Gasteiger partial charge in [0.15, 0.2) is 11.5 Å². The second-order valence-corrected chi connectivity index (χ2v) is 9.33. The predicted octanol–water partition coefficient (Wildman–Crippen LogP) is 4.91. The third-order valence-electron chi connectivity index (χ3n) is 6.58. The number of ketones is 1. The van der Waals surface area contributed by atoms with Gasteiger partial charge in [-0.1, -0.05) is 47.7 Å². The zero-order chi connectivity index (χ0) is 27.2. The highest BCUT2D eigenvalue weighted by Gasteiger charge is 2.24. The molecule has 1 unspecified atom stereocenters. The summed E-state index contributed by atoms with van der Waals surface area (Å²) >= 11 is 0. The van der Waals surface area contributed by atoms with Crippen LogP contribution in [0.4, 0.5) is 0 Å². The largest absolute Gasteiger partial charge is 0.494 e. The number of carbonyl (C=O) groups excluding carboxylic acids is 1. The van der Waals surface area contributed by atoms with E-state index >= 15 is 0 Å². The number of nitrogens with zero attached hydrogens (tertiary/aromatic N) is 3. The van der Waals surface area contributed by atoms with Crippen LogP contribution in [0.3, 0.4) is 0 Å². The van der Waals surface area contributed by atoms with E-state index in [4.69, 9.17) is 9.15 Å². The molecule has 0 aliphatic carbocycles. The molecule has 198 valence electrons. The first-order chi connectivity index (χ1) is 19.0. The van der Waals surface area contributed by atoms with Crippen molar-refractivity contribution in [3.05, 3.63) is 101 Å². The molecule has 3 aromatic carbocycles. The van der Waals surface area contributed by atoms with Gasteiger partial charge in [0.25, 0.3) is 5.56 Å². The number of carboxylic acids is 1. The van der Waals surface area contributed by atoms with Crippen molar-refractivity contribution in [2.75, 3.05) is 6.61 Å². The van der Waals surface area contributed by atoms with Gasteiger partial charge in [-0.2, -0.15) is 0 Å². The summed E-state index contributed by atoms with van der Waals surface area (Å²) in [6.07, 6.45) is 1.55. The Kier molecular flexibility index (Phi) is 7.77. The molecular formula is C30H27N3O6. The topological polar surface area (TPSA) is 125 Å². The smallest absolute Gasteiger partial charge is 0.307 e. The van der Waals surface area contributed by atoms with Crippen molar-refractivity contribution < 1.29 is 23.8 Å². The van der Waals surface area contributed by atoms with E-state index in [-0.39, 0.29) is 30.7 Å². The summed E-state index contributed by atoms with van der Waals surface area (Å²) in [4.78, 5) is 37.5. The van der Waals surface area contributed by atoms with Crippen LogP contribution in [0.1, 0.15) is 35.4 Å². The second kappa shape index (κ2) is 11.7. The lowest BCUT2D eigenvalue weighted by Crippen LogP contribution is -2.27. The van der Waals surface area contributed by atoms with Gasteiger partial charge >= 0.3 is 5.97 Å². The number of ether oxygens (including phenoxy) is 1. The quantitative estimate of drug-likeness (QED) is 0.180. The summed E-state index contributed by atoms with van der Waals surface area (Å²) in [5.74, 6) is -1.83. The van der Waals surface area contributed by atoms with Crippen molar-refractivity contribution in [1.82, 2.24) is 15.0 Å². The van der Waals surface area contributed by atoms with Crippen molar-refractivity contribution in [1.29, 1.82) is 0 Å². The molecule has 0 saturated carbocycles. The molecule has 9 heteroatoms. The van der Waals surface area contributed by atoms with E-state index < -0.39 is 17.7 Å². The fourth-order valence-corrected chi connectivity index (χ4v) is 4.44. The first kappa shape index (κ1) is 25.8. The second-order valence-electron chi connectivity index (χ2n) is 9.33. The molecule has 39 heavy (non-hydrogen) atoms. The molecule has 1 atom stereocenters. The van der Waals surface area contributed by atoms with E-state index in [2.05, 4.69) is 22.4 Å². The number of carbonyl (C=O) groups is 2. The minimum absolute atomic E-state index is 0.0199. The Morgan fingerprint density at radius 2 is 1.79 bits per heavy atom. The van der Waals surface area contributed by atoms with Gasteiger partial charge in [0.1, 0.15) is 16.8 Å². The molecule has 0 fully saturated rings. The molecule has 0 saturated heterocycles. The van der Waals surface area contributed by atoms with Crippen molar-refractivity contribution in [3.63, 3.8) is 0 Å². The normalized spacial score (nSPS) is 12.0. The molecule has 5 rings (SSSR count). The SMILES string of the molecule is O=C(CC(CCn1nnc2ccccc2c1=O)C(=O)O)c1cc2cc(OCCCc3ccccc3)ccc2o1. The van der Waals surface area contributed by atoms with Gasteiger partial charge in [-0.15, -0.1) is 5.10 Å². The molecule has 1 N–H and O–H groups in total. The third kappa shape index (κ3) is 6.20. The summed E-state index contributed by atoms with van der Waals surface area (Å²) in [6, 6.07) is 23.9. The number of benzene rings is 3. The van der Waals surface area contributed by atoms with Crippen LogP contribution in [0, 0.1) is 5.92 Å². The lowest BCUT2D eigenvalue weighted by molar-refractivity contribution is -0.142. The van der Waals surface area contributed by atoms with Crippen LogP contribution < -0.4 is 10.3 Å². The van der Waals surface area contributed by atoms with Crippen LogP contribution >= 0.6 is 0 Å². The van der Waals surface area contributed by atoms with Crippen LogP contribution in [0.2, 0.25) is 0 Å². The van der Waals surface area contributed by atoms with E-state index in [0.717, 1.165) is 17.5 Å². The fourth-order valence-electron chi connectivity index (χ4n) is 4.44. The maximum atomic E-state index is 12.9. The Balaban J connectivity index is 1.20. The Bertz CT molecular complexity index is 1680. The number of hydrogen-bond acceptors (Lipinski definition) is 7. The first-order valence-corrected chi connectivity index (χ1v) is 12.8. The van der Waals surface area contributed by atoms with Gasteiger partial charge in [-0.05, 0) is 61.2 Å². The standard InChI is InChI=1S/C30H27N3O6/c34-26(18-21(30(36)37)14-15-33-29(35)24-10-4-5-11-25(24)31-32-33)28-19-22-17-23(12-13-27(22)39-28)38-16-6-9-20-7-2-1-3-8-20/h1-5,7-8,10-13,17,19,21H,6,9,14-16,18H2,(H,36,37). The lowest BCUT2D eigenvalue weighted by atomic mass is 9.98. The average molecular weight is 526 g/mol. The summed E-state index contributed by atoms with van der Waals surface area (Å²) in [5.41, 5.74) is 1.88. The van der Waals surface area contributed by atoms with Gasteiger partial charge in [0.05, 0.1) is 17.9 Å². The highest BCUT2D eigenvalue weighted by Crippen LogP contribution is 2.26. The van der Waals surface area contributed by atoms with Crippen molar-refractivity contribution in [3.8, 4) is 5.75 Å². The van der Waals surface area contributed by atoms with Crippen LogP contribution in [-0.2, 0) is 17.8 Å². The van der Waals surface area contributed by atoms with E-state index in [1.165, 1.54) is 5.56 Å². The van der Waals surface area contributed by atoms with Crippen LogP contribution in [-0.4, -0.2) is 38.5 Å². The summed E-state index contributed by atoms with van der Waals surface area (Å²) in [7, 11) is 0. The maximum absolute atomic E-state index is 12.9. The number of aromatic nitrogens is 3. The number of hydrogen-bond donors (Lipinski definition) is 1. The highest BCUT2D eigenvalue weighted by atomic mass is 16.5. The van der Waals surface area contributed by atoms with E-state index in [1.54, 1.807) is 48.5 Å². The Labute approximate surface area is 223 Å². The van der Waals surface area contributed by atoms with Gasteiger partial charge in [-0.3, -0.25) is 14.4 Å². The van der Waals surface area contributed by atoms with Crippen molar-refractivity contribution in [2.45, 2.75) is 32.2 Å². The van der Waals surface area contributed by atoms with Gasteiger partial charge < -0.3 is 14.3 Å². The van der Waals surface area contributed by atoms with E-state index in [9.17, 15) is 19.5 Å². The molecule has 2 aromatic heterocycles. The Hall–Kier alpha value is -4.79. The molecule has 9 nitrogen and oxygen atoms in total. The molecule has 5 aromatic rings. The molecule has 0 spiro atoms. The number of rotatable bonds is 12. The van der Waals surface area contributed by atoms with Crippen LogP contribution in [0.25, 0.3) is 21.9 Å². The number of carboxylic acid groups (broad SMARTS) is 1. The summed E-state index contributed by atoms with van der Waals surface area (Å²) < 4.78 is 12.7. The lowest BCUT2D eigenvalue weighted by Gasteiger charge is -2.11. The molecule has 0 aliphatic heterocycles. The highest BCUT2D eigenvalue weighted by molar-refractivity contribution is 5.99. The number of fused-ring (bicyclic) bond motifs is 2.